The third-order valence-electron chi connectivity index (χ3n) is 5.17. The summed E-state index contributed by atoms with van der Waals surface area (Å²) < 4.78 is 39.5. The number of benzene rings is 2. The minimum absolute atomic E-state index is 0.257. The molecule has 8 heteroatoms. The van der Waals surface area contributed by atoms with Gasteiger partial charge in [-0.2, -0.15) is 13.2 Å². The molecule has 0 aromatic heterocycles. The van der Waals surface area contributed by atoms with Crippen LogP contribution in [0.1, 0.15) is 6.92 Å². The SMILES string of the molecule is CCN(C(=O)CN1C[C@@H](C(F)(F)F)[C@H](C(=O)O)C1)c1cccc2ccccc12. The van der Waals surface area contributed by atoms with Crippen molar-refractivity contribution in [2.75, 3.05) is 31.1 Å². The van der Waals surface area contributed by atoms with Gasteiger partial charge in [-0.3, -0.25) is 14.5 Å². The molecule has 0 saturated carbocycles. The maximum Gasteiger partial charge on any atom is 0.393 e. The lowest BCUT2D eigenvalue weighted by atomic mass is 9.96. The van der Waals surface area contributed by atoms with Crippen LogP contribution < -0.4 is 4.90 Å². The van der Waals surface area contributed by atoms with E-state index in [0.717, 1.165) is 10.8 Å². The Balaban J connectivity index is 1.80. The largest absolute Gasteiger partial charge is 0.481 e. The van der Waals surface area contributed by atoms with Crippen LogP contribution in [-0.4, -0.2) is 54.2 Å². The van der Waals surface area contributed by atoms with Crippen LogP contribution in [0.15, 0.2) is 42.5 Å². The van der Waals surface area contributed by atoms with Crippen LogP contribution in [0.2, 0.25) is 0 Å². The molecule has 0 bridgehead atoms. The van der Waals surface area contributed by atoms with Crippen molar-refractivity contribution in [2.24, 2.45) is 11.8 Å². The van der Waals surface area contributed by atoms with Gasteiger partial charge in [0.05, 0.1) is 24.1 Å². The van der Waals surface area contributed by atoms with E-state index in [9.17, 15) is 22.8 Å². The predicted molar refractivity (Wildman–Crippen MR) is 99.1 cm³/mol. The Hall–Kier alpha value is -2.61. The van der Waals surface area contributed by atoms with Crippen molar-refractivity contribution in [1.29, 1.82) is 0 Å². The van der Waals surface area contributed by atoms with E-state index in [-0.39, 0.29) is 19.0 Å². The van der Waals surface area contributed by atoms with Gasteiger partial charge in [0.25, 0.3) is 0 Å². The number of carboxylic acid groups (broad SMARTS) is 1. The lowest BCUT2D eigenvalue weighted by Gasteiger charge is -2.25. The summed E-state index contributed by atoms with van der Waals surface area (Å²) in [5.41, 5.74) is 0.687. The average molecular weight is 394 g/mol. The number of anilines is 1. The molecule has 1 amide bonds. The van der Waals surface area contributed by atoms with Crippen molar-refractivity contribution in [3.8, 4) is 0 Å². The molecule has 1 aliphatic rings. The van der Waals surface area contributed by atoms with Crippen molar-refractivity contribution < 1.29 is 27.9 Å². The van der Waals surface area contributed by atoms with Gasteiger partial charge in [0.1, 0.15) is 0 Å². The van der Waals surface area contributed by atoms with Gasteiger partial charge in [0.15, 0.2) is 0 Å². The summed E-state index contributed by atoms with van der Waals surface area (Å²) in [6, 6.07) is 13.1. The Kier molecular flexibility index (Phi) is 5.60. The normalized spacial score (nSPS) is 20.4. The summed E-state index contributed by atoms with van der Waals surface area (Å²) in [4.78, 5) is 26.9. The van der Waals surface area contributed by atoms with Gasteiger partial charge in [-0.25, -0.2) is 0 Å². The number of aliphatic carboxylic acids is 1. The zero-order valence-electron chi connectivity index (χ0n) is 15.3. The molecule has 3 rings (SSSR count). The molecule has 1 fully saturated rings. The van der Waals surface area contributed by atoms with E-state index < -0.39 is 30.5 Å². The Morgan fingerprint density at radius 3 is 2.43 bits per heavy atom. The van der Waals surface area contributed by atoms with Crippen molar-refractivity contribution in [2.45, 2.75) is 13.1 Å². The van der Waals surface area contributed by atoms with E-state index in [1.165, 1.54) is 9.80 Å². The van der Waals surface area contributed by atoms with Crippen molar-refractivity contribution in [3.63, 3.8) is 0 Å². The number of hydrogen-bond donors (Lipinski definition) is 1. The van der Waals surface area contributed by atoms with Crippen LogP contribution >= 0.6 is 0 Å². The van der Waals surface area contributed by atoms with Crippen LogP contribution in [-0.2, 0) is 9.59 Å². The number of amides is 1. The summed E-state index contributed by atoms with van der Waals surface area (Å²) in [5.74, 6) is -5.37. The second kappa shape index (κ2) is 7.79. The smallest absolute Gasteiger partial charge is 0.393 e. The number of halogens is 3. The Morgan fingerprint density at radius 2 is 1.82 bits per heavy atom. The van der Waals surface area contributed by atoms with Crippen molar-refractivity contribution in [3.05, 3.63) is 42.5 Å². The molecule has 0 spiro atoms. The number of likely N-dealkylation sites (tertiary alicyclic amines) is 1. The third-order valence-corrected chi connectivity index (χ3v) is 5.17. The lowest BCUT2D eigenvalue weighted by Crippen LogP contribution is -2.40. The first-order chi connectivity index (χ1) is 13.2. The lowest BCUT2D eigenvalue weighted by molar-refractivity contribution is -0.188. The molecular formula is C20H21F3N2O3. The summed E-state index contributed by atoms with van der Waals surface area (Å²) in [7, 11) is 0. The maximum absolute atomic E-state index is 13.2. The molecule has 2 aromatic carbocycles. The Morgan fingerprint density at radius 1 is 1.14 bits per heavy atom. The molecule has 1 aliphatic heterocycles. The topological polar surface area (TPSA) is 60.9 Å². The fraction of sp³-hybridized carbons (Fsp3) is 0.400. The van der Waals surface area contributed by atoms with Crippen molar-refractivity contribution in [1.82, 2.24) is 4.90 Å². The number of alkyl halides is 3. The van der Waals surface area contributed by atoms with Crippen LogP contribution in [0.25, 0.3) is 10.8 Å². The highest BCUT2D eigenvalue weighted by Gasteiger charge is 2.52. The van der Waals surface area contributed by atoms with Gasteiger partial charge in [-0.1, -0.05) is 36.4 Å². The van der Waals surface area contributed by atoms with Crippen LogP contribution in [0.3, 0.4) is 0 Å². The number of carbonyl (C=O) groups excluding carboxylic acids is 1. The van der Waals surface area contributed by atoms with E-state index in [1.807, 2.05) is 36.4 Å². The quantitative estimate of drug-likeness (QED) is 0.845. The number of likely N-dealkylation sites (N-methyl/N-ethyl adjacent to an activating group) is 1. The van der Waals surface area contributed by atoms with E-state index in [4.69, 9.17) is 5.11 Å². The third kappa shape index (κ3) is 3.96. The molecule has 1 saturated heterocycles. The monoisotopic (exact) mass is 394 g/mol. The molecule has 2 aromatic rings. The zero-order valence-corrected chi connectivity index (χ0v) is 15.3. The number of hydrogen-bond acceptors (Lipinski definition) is 3. The van der Waals surface area contributed by atoms with Gasteiger partial charge in [0.2, 0.25) is 5.91 Å². The fourth-order valence-corrected chi connectivity index (χ4v) is 3.80. The second-order valence-corrected chi connectivity index (χ2v) is 6.92. The van der Waals surface area contributed by atoms with Gasteiger partial charge in [-0.15, -0.1) is 0 Å². The Labute approximate surface area is 160 Å². The average Bonchev–Trinajstić information content (AvgIpc) is 3.07. The molecule has 28 heavy (non-hydrogen) atoms. The molecule has 150 valence electrons. The first-order valence-corrected chi connectivity index (χ1v) is 9.02. The standard InChI is InChI=1S/C20H21F3N2O3/c1-2-25(17-9-5-7-13-6-3-4-8-14(13)17)18(26)12-24-10-15(19(27)28)16(11-24)20(21,22)23/h3-9,15-16H,2,10-12H2,1H3,(H,27,28)/t15-,16-/m1/s1. The van der Waals surface area contributed by atoms with E-state index in [1.54, 1.807) is 13.0 Å². The molecule has 0 aliphatic carbocycles. The molecule has 2 atom stereocenters. The van der Waals surface area contributed by atoms with Gasteiger partial charge < -0.3 is 10.0 Å². The summed E-state index contributed by atoms with van der Waals surface area (Å²) in [6.07, 6.45) is -4.61. The molecule has 5 nitrogen and oxygen atoms in total. The van der Waals surface area contributed by atoms with Crippen molar-refractivity contribution >= 4 is 28.3 Å². The molecule has 1 N–H and O–H groups in total. The van der Waals surface area contributed by atoms with Gasteiger partial charge in [-0.05, 0) is 18.4 Å². The van der Waals surface area contributed by atoms with E-state index >= 15 is 0 Å². The minimum Gasteiger partial charge on any atom is -0.481 e. The number of rotatable bonds is 5. The Bertz CT molecular complexity index is 879. The summed E-state index contributed by atoms with van der Waals surface area (Å²) >= 11 is 0. The second-order valence-electron chi connectivity index (χ2n) is 6.92. The predicted octanol–water partition coefficient (Wildman–Crippen LogP) is 3.39. The molecule has 0 radical (unpaired) electrons. The number of fused-ring (bicyclic) bond motifs is 1. The van der Waals surface area contributed by atoms with Gasteiger partial charge >= 0.3 is 12.1 Å². The number of carboxylic acids is 1. The molecular weight excluding hydrogens is 373 g/mol. The van der Waals surface area contributed by atoms with Gasteiger partial charge in [0, 0.05) is 25.0 Å². The summed E-state index contributed by atoms with van der Waals surface area (Å²) in [5, 5.41) is 11.0. The first kappa shape index (κ1) is 20.1. The van der Waals surface area contributed by atoms with E-state index in [2.05, 4.69) is 0 Å². The zero-order chi connectivity index (χ0) is 20.5. The summed E-state index contributed by atoms with van der Waals surface area (Å²) in [6.45, 7) is 1.11. The molecule has 0 unspecified atom stereocenters. The maximum atomic E-state index is 13.2. The van der Waals surface area contributed by atoms with Crippen LogP contribution in [0.4, 0.5) is 18.9 Å². The number of carbonyl (C=O) groups is 2. The highest BCUT2D eigenvalue weighted by atomic mass is 19.4. The van der Waals surface area contributed by atoms with Crippen LogP contribution in [0, 0.1) is 11.8 Å². The minimum atomic E-state index is -4.61. The van der Waals surface area contributed by atoms with Crippen LogP contribution in [0.5, 0.6) is 0 Å². The van der Waals surface area contributed by atoms with E-state index in [0.29, 0.717) is 12.2 Å². The number of nitrogens with zero attached hydrogens (tertiary/aromatic N) is 2. The highest BCUT2D eigenvalue weighted by Crippen LogP contribution is 2.37. The molecule has 1 heterocycles. The highest BCUT2D eigenvalue weighted by molar-refractivity contribution is 6.04. The first-order valence-electron chi connectivity index (χ1n) is 9.02. The fourth-order valence-electron chi connectivity index (χ4n) is 3.80.